The van der Waals surface area contributed by atoms with E-state index in [0.717, 1.165) is 6.07 Å². The zero-order chi connectivity index (χ0) is 16.3. The predicted molar refractivity (Wildman–Crippen MR) is 83.0 cm³/mol. The second-order valence-corrected chi connectivity index (χ2v) is 7.92. The van der Waals surface area contributed by atoms with Gasteiger partial charge in [0.25, 0.3) is 0 Å². The van der Waals surface area contributed by atoms with E-state index in [0.29, 0.717) is 18.7 Å². The Bertz CT molecular complexity index is 580. The second kappa shape index (κ2) is 6.85. The molecule has 6 heteroatoms. The van der Waals surface area contributed by atoms with Gasteiger partial charge in [0.2, 0.25) is 10.0 Å². The molecular weight excluding hydrogens is 291 g/mol. The molecule has 1 aromatic rings. The third-order valence-corrected chi connectivity index (χ3v) is 5.14. The quantitative estimate of drug-likeness (QED) is 0.848. The van der Waals surface area contributed by atoms with Gasteiger partial charge in [-0.1, -0.05) is 33.8 Å². The maximum Gasteiger partial charge on any atom is 0.241 e. The van der Waals surface area contributed by atoms with E-state index in [9.17, 15) is 12.8 Å². The molecule has 0 amide bonds. The molecule has 120 valence electrons. The first-order chi connectivity index (χ1) is 9.58. The molecule has 1 aromatic carbocycles. The van der Waals surface area contributed by atoms with Crippen molar-refractivity contribution < 1.29 is 12.8 Å². The summed E-state index contributed by atoms with van der Waals surface area (Å²) in [7, 11) is -3.76. The summed E-state index contributed by atoms with van der Waals surface area (Å²) in [4.78, 5) is -0.000417. The lowest BCUT2D eigenvalue weighted by Crippen LogP contribution is -2.41. The predicted octanol–water partition coefficient (Wildman–Crippen LogP) is 2.65. The van der Waals surface area contributed by atoms with Crippen molar-refractivity contribution in [1.29, 1.82) is 0 Å². The van der Waals surface area contributed by atoms with Crippen LogP contribution in [0.2, 0.25) is 0 Å². The van der Waals surface area contributed by atoms with Crippen molar-refractivity contribution in [2.45, 2.75) is 52.1 Å². The number of rotatable bonds is 6. The number of hydrogen-bond acceptors (Lipinski definition) is 3. The minimum atomic E-state index is -3.76. The van der Waals surface area contributed by atoms with Gasteiger partial charge in [0, 0.05) is 12.6 Å². The zero-order valence-electron chi connectivity index (χ0n) is 13.3. The fraction of sp³-hybridized carbons (Fsp3) is 0.600. The van der Waals surface area contributed by atoms with E-state index in [1.807, 2.05) is 27.7 Å². The van der Waals surface area contributed by atoms with Gasteiger partial charge in [0.1, 0.15) is 5.82 Å². The molecule has 0 saturated carbocycles. The van der Waals surface area contributed by atoms with Crippen molar-refractivity contribution in [3.63, 3.8) is 0 Å². The molecule has 0 heterocycles. The van der Waals surface area contributed by atoms with Crippen LogP contribution in [0.4, 0.5) is 4.39 Å². The lowest BCUT2D eigenvalue weighted by molar-refractivity contribution is 0.317. The van der Waals surface area contributed by atoms with Crippen LogP contribution in [-0.2, 0) is 16.6 Å². The van der Waals surface area contributed by atoms with Crippen LogP contribution >= 0.6 is 0 Å². The Morgan fingerprint density at radius 3 is 2.43 bits per heavy atom. The lowest BCUT2D eigenvalue weighted by atomic mass is 9.89. The third-order valence-electron chi connectivity index (χ3n) is 3.52. The van der Waals surface area contributed by atoms with Crippen molar-refractivity contribution in [1.82, 2.24) is 10.0 Å². The molecule has 0 aliphatic heterocycles. The lowest BCUT2D eigenvalue weighted by Gasteiger charge is -2.28. The van der Waals surface area contributed by atoms with Crippen molar-refractivity contribution in [2.75, 3.05) is 6.54 Å². The summed E-state index contributed by atoms with van der Waals surface area (Å²) >= 11 is 0. The monoisotopic (exact) mass is 316 g/mol. The first-order valence-electron chi connectivity index (χ1n) is 7.09. The minimum Gasteiger partial charge on any atom is -0.313 e. The Balaban J connectivity index is 3.15. The van der Waals surface area contributed by atoms with E-state index in [4.69, 9.17) is 0 Å². The zero-order valence-corrected chi connectivity index (χ0v) is 14.1. The van der Waals surface area contributed by atoms with Gasteiger partial charge in [-0.15, -0.1) is 0 Å². The first-order valence-corrected chi connectivity index (χ1v) is 8.57. The van der Waals surface area contributed by atoms with Gasteiger partial charge < -0.3 is 5.32 Å². The summed E-state index contributed by atoms with van der Waals surface area (Å²) in [5, 5.41) is 3.07. The van der Waals surface area contributed by atoms with E-state index in [-0.39, 0.29) is 16.4 Å². The SMILES string of the molecule is CCNCc1ccc(F)cc1S(=O)(=O)NC(C)C(C)(C)C. The second-order valence-electron chi connectivity index (χ2n) is 6.24. The maximum atomic E-state index is 13.5. The third kappa shape index (κ3) is 5.05. The minimum absolute atomic E-state index is 0.000417. The van der Waals surface area contributed by atoms with E-state index >= 15 is 0 Å². The number of halogens is 1. The average Bonchev–Trinajstić information content (AvgIpc) is 2.35. The molecule has 2 N–H and O–H groups in total. The summed E-state index contributed by atoms with van der Waals surface area (Å²) in [5.41, 5.74) is 0.342. The van der Waals surface area contributed by atoms with Crippen LogP contribution in [0, 0.1) is 11.2 Å². The van der Waals surface area contributed by atoms with Gasteiger partial charge in [0.15, 0.2) is 0 Å². The molecule has 0 bridgehead atoms. The van der Waals surface area contributed by atoms with Crippen LogP contribution < -0.4 is 10.0 Å². The molecule has 0 radical (unpaired) electrons. The molecule has 0 aromatic heterocycles. The van der Waals surface area contributed by atoms with Gasteiger partial charge in [-0.2, -0.15) is 0 Å². The van der Waals surface area contributed by atoms with Gasteiger partial charge in [0.05, 0.1) is 4.90 Å². The van der Waals surface area contributed by atoms with Gasteiger partial charge in [-0.05, 0) is 36.6 Å². The molecule has 0 aliphatic rings. The summed E-state index contributed by atoms with van der Waals surface area (Å²) in [6.45, 7) is 10.7. The van der Waals surface area contributed by atoms with Crippen LogP contribution in [0.3, 0.4) is 0 Å². The molecule has 0 aliphatic carbocycles. The van der Waals surface area contributed by atoms with Crippen molar-refractivity contribution >= 4 is 10.0 Å². The Hall–Kier alpha value is -0.980. The molecule has 1 atom stereocenters. The van der Waals surface area contributed by atoms with Crippen molar-refractivity contribution in [2.24, 2.45) is 5.41 Å². The fourth-order valence-electron chi connectivity index (χ4n) is 1.66. The van der Waals surface area contributed by atoms with Crippen molar-refractivity contribution in [3.05, 3.63) is 29.6 Å². The van der Waals surface area contributed by atoms with Crippen LogP contribution in [0.25, 0.3) is 0 Å². The van der Waals surface area contributed by atoms with Gasteiger partial charge in [-0.3, -0.25) is 0 Å². The average molecular weight is 316 g/mol. The summed E-state index contributed by atoms with van der Waals surface area (Å²) in [6.07, 6.45) is 0. The topological polar surface area (TPSA) is 58.2 Å². The Morgan fingerprint density at radius 2 is 1.90 bits per heavy atom. The number of hydrogen-bond donors (Lipinski definition) is 2. The molecular formula is C15H25FN2O2S. The highest BCUT2D eigenvalue weighted by Gasteiger charge is 2.27. The molecule has 0 spiro atoms. The standard InChI is InChI=1S/C15H25FN2O2S/c1-6-17-10-12-7-8-13(16)9-14(12)21(19,20)18-11(2)15(3,4)5/h7-9,11,17-18H,6,10H2,1-5H3. The summed E-state index contributed by atoms with van der Waals surface area (Å²) < 4.78 is 41.1. The maximum absolute atomic E-state index is 13.5. The molecule has 0 saturated heterocycles. The van der Waals surface area contributed by atoms with Crippen LogP contribution in [-0.4, -0.2) is 21.0 Å². The van der Waals surface area contributed by atoms with Crippen LogP contribution in [0.5, 0.6) is 0 Å². The van der Waals surface area contributed by atoms with Crippen LogP contribution in [0.15, 0.2) is 23.1 Å². The largest absolute Gasteiger partial charge is 0.313 e. The molecule has 4 nitrogen and oxygen atoms in total. The van der Waals surface area contributed by atoms with E-state index in [1.165, 1.54) is 12.1 Å². The van der Waals surface area contributed by atoms with Crippen LogP contribution in [0.1, 0.15) is 40.2 Å². The first kappa shape index (κ1) is 18.1. The summed E-state index contributed by atoms with van der Waals surface area (Å²) in [5.74, 6) is -0.556. The Kier molecular flexibility index (Phi) is 5.90. The molecule has 1 unspecified atom stereocenters. The highest BCUT2D eigenvalue weighted by Crippen LogP contribution is 2.23. The highest BCUT2D eigenvalue weighted by atomic mass is 32.2. The van der Waals surface area contributed by atoms with E-state index in [1.54, 1.807) is 6.92 Å². The van der Waals surface area contributed by atoms with E-state index < -0.39 is 15.8 Å². The normalized spacial score (nSPS) is 14.2. The Morgan fingerprint density at radius 1 is 1.29 bits per heavy atom. The molecule has 21 heavy (non-hydrogen) atoms. The van der Waals surface area contributed by atoms with E-state index in [2.05, 4.69) is 10.0 Å². The highest BCUT2D eigenvalue weighted by molar-refractivity contribution is 7.89. The smallest absolute Gasteiger partial charge is 0.241 e. The fourth-order valence-corrected chi connectivity index (χ4v) is 3.36. The number of sulfonamides is 1. The molecule has 1 rings (SSSR count). The van der Waals surface area contributed by atoms with Crippen molar-refractivity contribution in [3.8, 4) is 0 Å². The summed E-state index contributed by atoms with van der Waals surface area (Å²) in [6, 6.07) is 3.59. The van der Waals surface area contributed by atoms with Gasteiger partial charge >= 0.3 is 0 Å². The van der Waals surface area contributed by atoms with Gasteiger partial charge in [-0.25, -0.2) is 17.5 Å². The Labute approximate surface area is 127 Å². The number of benzene rings is 1. The molecule has 0 fully saturated rings. The number of nitrogens with one attached hydrogen (secondary N) is 2.